The molecule has 0 fully saturated rings. The molecule has 3 aromatic carbocycles. The van der Waals surface area contributed by atoms with Crippen LogP contribution in [0.5, 0.6) is 11.5 Å². The molecule has 0 saturated carbocycles. The number of carbonyl (C=O) groups excluding carboxylic acids is 2. The van der Waals surface area contributed by atoms with Crippen molar-refractivity contribution in [2.75, 3.05) is 37.9 Å². The number of rotatable bonds is 13. The lowest BCUT2D eigenvalue weighted by molar-refractivity contribution is -0.140. The molecule has 0 aromatic heterocycles. The van der Waals surface area contributed by atoms with Gasteiger partial charge in [0.25, 0.3) is 0 Å². The molecule has 1 atom stereocenters. The minimum Gasteiger partial charge on any atom is -0.497 e. The SMILES string of the molecule is CCNC(=O)C(Cc1ccccc1)N(Cc1ccc(Br)cc1)C(=O)CN(c1ccc(OC)cc1OC)S(C)(=O)=O. The first-order valence-electron chi connectivity index (χ1n) is 12.6. The lowest BCUT2D eigenvalue weighted by Crippen LogP contribution is -2.53. The number of nitrogens with zero attached hydrogens (tertiary/aromatic N) is 2. The summed E-state index contributed by atoms with van der Waals surface area (Å²) >= 11 is 3.42. The number of benzene rings is 3. The number of hydrogen-bond donors (Lipinski definition) is 1. The van der Waals surface area contributed by atoms with E-state index in [0.29, 0.717) is 12.3 Å². The molecule has 0 aliphatic carbocycles. The summed E-state index contributed by atoms with van der Waals surface area (Å²) in [6, 6.07) is 20.6. The van der Waals surface area contributed by atoms with Crippen LogP contribution in [0.4, 0.5) is 5.69 Å². The third-order valence-corrected chi connectivity index (χ3v) is 7.88. The Balaban J connectivity index is 2.07. The van der Waals surface area contributed by atoms with Gasteiger partial charge in [-0.2, -0.15) is 0 Å². The monoisotopic (exact) mass is 631 g/mol. The van der Waals surface area contributed by atoms with Crippen LogP contribution in [0.2, 0.25) is 0 Å². The number of anilines is 1. The molecule has 3 aromatic rings. The van der Waals surface area contributed by atoms with Crippen molar-refractivity contribution >= 4 is 43.5 Å². The molecule has 0 heterocycles. The molecule has 9 nitrogen and oxygen atoms in total. The topological polar surface area (TPSA) is 105 Å². The molecule has 0 aliphatic rings. The molecule has 0 saturated heterocycles. The molecule has 11 heteroatoms. The maximum atomic E-state index is 14.1. The van der Waals surface area contributed by atoms with Crippen molar-refractivity contribution in [1.29, 1.82) is 0 Å². The highest BCUT2D eigenvalue weighted by molar-refractivity contribution is 9.10. The third kappa shape index (κ3) is 8.22. The molecule has 0 aliphatic heterocycles. The smallest absolute Gasteiger partial charge is 0.244 e. The number of sulfonamides is 1. The summed E-state index contributed by atoms with van der Waals surface area (Å²) in [7, 11) is -1.04. The van der Waals surface area contributed by atoms with Crippen molar-refractivity contribution in [1.82, 2.24) is 10.2 Å². The van der Waals surface area contributed by atoms with Gasteiger partial charge in [0.05, 0.1) is 26.2 Å². The molecule has 0 spiro atoms. The molecule has 214 valence electrons. The zero-order valence-electron chi connectivity index (χ0n) is 23.0. The van der Waals surface area contributed by atoms with Gasteiger partial charge in [-0.05, 0) is 42.3 Å². The van der Waals surface area contributed by atoms with E-state index in [1.165, 1.54) is 25.2 Å². The van der Waals surface area contributed by atoms with Crippen LogP contribution in [0.3, 0.4) is 0 Å². The Kier molecular flexibility index (Phi) is 11.0. The van der Waals surface area contributed by atoms with Crippen molar-refractivity contribution in [3.63, 3.8) is 0 Å². The van der Waals surface area contributed by atoms with Crippen molar-refractivity contribution < 1.29 is 27.5 Å². The summed E-state index contributed by atoms with van der Waals surface area (Å²) in [5.41, 5.74) is 1.83. The second-order valence-electron chi connectivity index (χ2n) is 9.06. The van der Waals surface area contributed by atoms with E-state index in [4.69, 9.17) is 9.47 Å². The molecular formula is C29H34BrN3O6S. The zero-order valence-corrected chi connectivity index (χ0v) is 25.4. The van der Waals surface area contributed by atoms with Gasteiger partial charge >= 0.3 is 0 Å². The van der Waals surface area contributed by atoms with E-state index in [9.17, 15) is 18.0 Å². The van der Waals surface area contributed by atoms with Crippen LogP contribution in [0.15, 0.2) is 77.3 Å². The summed E-state index contributed by atoms with van der Waals surface area (Å²) in [4.78, 5) is 28.9. The third-order valence-electron chi connectivity index (χ3n) is 6.22. The molecule has 0 radical (unpaired) electrons. The Morgan fingerprint density at radius 3 is 2.20 bits per heavy atom. The van der Waals surface area contributed by atoms with E-state index < -0.39 is 28.5 Å². The van der Waals surface area contributed by atoms with Crippen molar-refractivity contribution in [2.24, 2.45) is 0 Å². The van der Waals surface area contributed by atoms with Crippen LogP contribution in [-0.2, 0) is 32.6 Å². The Labute approximate surface area is 244 Å². The first kappa shape index (κ1) is 31.0. The van der Waals surface area contributed by atoms with E-state index in [1.807, 2.05) is 54.6 Å². The lowest BCUT2D eigenvalue weighted by atomic mass is 10.0. The number of halogens is 1. The standard InChI is InChI=1S/C29H34BrN3O6S/c1-5-31-29(35)26(17-21-9-7-6-8-10-21)32(19-22-11-13-23(30)14-12-22)28(34)20-33(40(4,36)37)25-16-15-24(38-2)18-27(25)39-3/h6-16,18,26H,5,17,19-20H2,1-4H3,(H,31,35). The fourth-order valence-electron chi connectivity index (χ4n) is 4.22. The van der Waals surface area contributed by atoms with E-state index >= 15 is 0 Å². The quantitative estimate of drug-likeness (QED) is 0.306. The fraction of sp³-hybridized carbons (Fsp3) is 0.310. The Morgan fingerprint density at radius 1 is 0.950 bits per heavy atom. The Morgan fingerprint density at radius 2 is 1.62 bits per heavy atom. The van der Waals surface area contributed by atoms with Gasteiger partial charge in [0, 0.05) is 30.0 Å². The maximum Gasteiger partial charge on any atom is 0.244 e. The molecular weight excluding hydrogens is 598 g/mol. The second kappa shape index (κ2) is 14.2. The average molecular weight is 633 g/mol. The number of hydrogen-bond acceptors (Lipinski definition) is 6. The van der Waals surface area contributed by atoms with Gasteiger partial charge in [-0.25, -0.2) is 8.42 Å². The van der Waals surface area contributed by atoms with Crippen LogP contribution in [0.25, 0.3) is 0 Å². The number of nitrogens with one attached hydrogen (secondary N) is 1. The van der Waals surface area contributed by atoms with E-state index in [2.05, 4.69) is 21.2 Å². The summed E-state index contributed by atoms with van der Waals surface area (Å²) in [6.45, 7) is 1.74. The predicted molar refractivity (Wildman–Crippen MR) is 159 cm³/mol. The van der Waals surface area contributed by atoms with Crippen LogP contribution in [0.1, 0.15) is 18.1 Å². The minimum atomic E-state index is -3.93. The molecule has 2 amide bonds. The highest BCUT2D eigenvalue weighted by Crippen LogP contribution is 2.34. The van der Waals surface area contributed by atoms with Crippen molar-refractivity contribution in [3.05, 3.63) is 88.4 Å². The molecule has 0 bridgehead atoms. The summed E-state index contributed by atoms with van der Waals surface area (Å²) in [6.07, 6.45) is 1.27. The number of amides is 2. The average Bonchev–Trinajstić information content (AvgIpc) is 2.94. The first-order valence-corrected chi connectivity index (χ1v) is 15.3. The van der Waals surface area contributed by atoms with Gasteiger partial charge in [0.1, 0.15) is 24.1 Å². The normalized spacial score (nSPS) is 11.8. The second-order valence-corrected chi connectivity index (χ2v) is 11.9. The van der Waals surface area contributed by atoms with Gasteiger partial charge in [-0.15, -0.1) is 0 Å². The maximum absolute atomic E-state index is 14.1. The van der Waals surface area contributed by atoms with Gasteiger partial charge in [0.15, 0.2) is 0 Å². The molecule has 1 unspecified atom stereocenters. The summed E-state index contributed by atoms with van der Waals surface area (Å²) in [5.74, 6) is -0.179. The van der Waals surface area contributed by atoms with Crippen LogP contribution < -0.4 is 19.1 Å². The summed E-state index contributed by atoms with van der Waals surface area (Å²) < 4.78 is 38.5. The zero-order chi connectivity index (χ0) is 29.3. The van der Waals surface area contributed by atoms with E-state index in [-0.39, 0.29) is 30.3 Å². The first-order chi connectivity index (χ1) is 19.1. The molecule has 1 N–H and O–H groups in total. The Hall–Kier alpha value is -3.57. The van der Waals surface area contributed by atoms with Gasteiger partial charge < -0.3 is 19.7 Å². The van der Waals surface area contributed by atoms with Gasteiger partial charge in [-0.3, -0.25) is 13.9 Å². The highest BCUT2D eigenvalue weighted by Gasteiger charge is 2.33. The summed E-state index contributed by atoms with van der Waals surface area (Å²) in [5, 5.41) is 2.84. The largest absolute Gasteiger partial charge is 0.497 e. The molecule has 3 rings (SSSR count). The number of ether oxygens (including phenoxy) is 2. The highest BCUT2D eigenvalue weighted by atomic mass is 79.9. The Bertz CT molecular complexity index is 1400. The number of carbonyl (C=O) groups is 2. The van der Waals surface area contributed by atoms with Crippen molar-refractivity contribution in [2.45, 2.75) is 25.9 Å². The van der Waals surface area contributed by atoms with Gasteiger partial charge in [-0.1, -0.05) is 58.4 Å². The van der Waals surface area contributed by atoms with E-state index in [1.54, 1.807) is 19.1 Å². The van der Waals surface area contributed by atoms with Crippen LogP contribution in [-0.4, -0.2) is 64.7 Å². The fourth-order valence-corrected chi connectivity index (χ4v) is 5.34. The minimum absolute atomic E-state index is 0.0953. The van der Waals surface area contributed by atoms with Crippen LogP contribution in [0, 0.1) is 0 Å². The lowest BCUT2D eigenvalue weighted by Gasteiger charge is -2.33. The van der Waals surface area contributed by atoms with Crippen molar-refractivity contribution in [3.8, 4) is 11.5 Å². The van der Waals surface area contributed by atoms with Crippen LogP contribution >= 0.6 is 15.9 Å². The predicted octanol–water partition coefficient (Wildman–Crippen LogP) is 4.01. The van der Waals surface area contributed by atoms with E-state index in [0.717, 1.165) is 26.2 Å². The number of likely N-dealkylation sites (N-methyl/N-ethyl adjacent to an activating group) is 1. The molecule has 40 heavy (non-hydrogen) atoms. The number of methoxy groups -OCH3 is 2. The van der Waals surface area contributed by atoms with Gasteiger partial charge in [0.2, 0.25) is 21.8 Å².